The molecule has 0 bridgehead atoms. The summed E-state index contributed by atoms with van der Waals surface area (Å²) in [5.74, 6) is -6.63. The van der Waals surface area contributed by atoms with Crippen LogP contribution in [0.25, 0.3) is 18.2 Å². The maximum atomic E-state index is 12.8. The van der Waals surface area contributed by atoms with Crippen LogP contribution in [0.5, 0.6) is 46.0 Å². The minimum absolute atomic E-state index is 0.0403. The number of carbonyl (C=O) groups is 2. The van der Waals surface area contributed by atoms with Crippen LogP contribution in [0, 0.1) is 0 Å². The van der Waals surface area contributed by atoms with Crippen molar-refractivity contribution in [2.75, 3.05) is 26.4 Å². The lowest BCUT2D eigenvalue weighted by atomic mass is 9.98. The molecule has 0 amide bonds. The van der Waals surface area contributed by atoms with Crippen LogP contribution in [0.2, 0.25) is 0 Å². The van der Waals surface area contributed by atoms with Gasteiger partial charge in [-0.05, 0) is 65.8 Å². The van der Waals surface area contributed by atoms with E-state index in [1.165, 1.54) is 60.7 Å². The van der Waals surface area contributed by atoms with Crippen LogP contribution in [0.3, 0.4) is 0 Å². The molecule has 4 saturated heterocycles. The lowest BCUT2D eigenvalue weighted by Gasteiger charge is -2.41. The molecule has 0 saturated carbocycles. The summed E-state index contributed by atoms with van der Waals surface area (Å²) in [6, 6.07) is 15.4. The molecule has 1 unspecified atom stereocenters. The van der Waals surface area contributed by atoms with Gasteiger partial charge < -0.3 is 144 Å². The summed E-state index contributed by atoms with van der Waals surface area (Å²) < 4.78 is 63.4. The van der Waals surface area contributed by atoms with Crippen molar-refractivity contribution in [1.29, 1.82) is 0 Å². The summed E-state index contributed by atoms with van der Waals surface area (Å²) in [4.78, 5) is 25.6. The van der Waals surface area contributed by atoms with Gasteiger partial charge in [-0.25, -0.2) is 9.59 Å². The van der Waals surface area contributed by atoms with Crippen molar-refractivity contribution in [3.8, 4) is 46.0 Å². The van der Waals surface area contributed by atoms with E-state index in [9.17, 15) is 102 Å². The average molecular weight is 1250 g/mol. The number of hydrogen-bond donors (Lipinski definition) is 18. The fourth-order valence-corrected chi connectivity index (χ4v) is 9.64. The number of phenolic OH excluding ortho intramolecular Hbond substituents is 4. The van der Waals surface area contributed by atoms with Gasteiger partial charge in [0, 0.05) is 29.8 Å². The average Bonchev–Trinajstić information content (AvgIpc) is 1.49. The number of ether oxygens (including phenoxy) is 11. The molecular weight excluding hydrogens is 1180 g/mol. The number of hydrogen-bond acceptors (Lipinski definition) is 31. The Morgan fingerprint density at radius 1 is 0.455 bits per heavy atom. The molecule has 4 aromatic carbocycles. The van der Waals surface area contributed by atoms with Crippen molar-refractivity contribution in [3.63, 3.8) is 0 Å². The van der Waals surface area contributed by atoms with Gasteiger partial charge >= 0.3 is 11.9 Å². The highest BCUT2D eigenvalue weighted by Crippen LogP contribution is 2.49. The Morgan fingerprint density at radius 2 is 0.841 bits per heavy atom. The smallest absolute Gasteiger partial charge is 0.330 e. The molecule has 0 aromatic heterocycles. The lowest BCUT2D eigenvalue weighted by Crippen LogP contribution is -2.60. The maximum absolute atomic E-state index is 12.8. The van der Waals surface area contributed by atoms with E-state index in [2.05, 4.69) is 0 Å². The van der Waals surface area contributed by atoms with E-state index in [1.807, 2.05) is 0 Å². The van der Waals surface area contributed by atoms with Gasteiger partial charge in [-0.1, -0.05) is 24.3 Å². The first-order valence-electron chi connectivity index (χ1n) is 27.0. The summed E-state index contributed by atoms with van der Waals surface area (Å²) in [5, 5.41) is 193. The largest absolute Gasteiger partial charge is 0.508 e. The first-order valence-corrected chi connectivity index (χ1v) is 27.0. The molecule has 21 atom stereocenters. The highest BCUT2D eigenvalue weighted by molar-refractivity contribution is 5.87. The third-order valence-electron chi connectivity index (χ3n) is 14.7. The van der Waals surface area contributed by atoms with Crippen LogP contribution in [0.4, 0.5) is 0 Å². The third kappa shape index (κ3) is 14.5. The molecule has 4 fully saturated rings. The zero-order valence-corrected chi connectivity index (χ0v) is 45.6. The molecule has 31 nitrogen and oxygen atoms in total. The van der Waals surface area contributed by atoms with Crippen LogP contribution >= 0.6 is 0 Å². The summed E-state index contributed by atoms with van der Waals surface area (Å²) in [6.07, 6.45) is -34.8. The topological polar surface area (TPSA) is 500 Å². The van der Waals surface area contributed by atoms with Crippen molar-refractivity contribution in [2.24, 2.45) is 0 Å². The third-order valence-corrected chi connectivity index (χ3v) is 14.7. The predicted molar refractivity (Wildman–Crippen MR) is 288 cm³/mol. The van der Waals surface area contributed by atoms with Crippen molar-refractivity contribution >= 4 is 30.2 Å². The van der Waals surface area contributed by atoms with E-state index in [4.69, 9.17) is 52.1 Å². The van der Waals surface area contributed by atoms with Gasteiger partial charge in [0.25, 0.3) is 0 Å². The SMILES string of the molecule is O=C(/C=C/c1ccc(O)cc1)OC[C@H]1O[C@@H](Oc2cc(C3Oc4cc(O[C@@H]5O[C@H](CO)[C@@H](O)[C@H](O)[C@@H]5O)cc(O)c4C=C3O[C@@H]3O[C@@H](CO)[C@@H](O)[C@@H](O)[C@H]3O)cc(O[C@@H]3O[C@H](COC(=O)/C=C/c4ccc(O)cc4)[C@@H](O)[C@@H](O)[C@@H]3O)c2O)[C@@H](O)[C@@H](O)[C@@H]1O. The molecule has 4 aromatic rings. The van der Waals surface area contributed by atoms with Crippen LogP contribution in [-0.4, -0.2) is 253 Å². The number of carbonyl (C=O) groups excluding carboxylic acids is 2. The number of rotatable bonds is 19. The fraction of sp³-hybridized carbons (Fsp3) is 0.439. The fourth-order valence-electron chi connectivity index (χ4n) is 9.64. The Labute approximate surface area is 496 Å². The van der Waals surface area contributed by atoms with Crippen LogP contribution in [0.1, 0.15) is 28.4 Å². The highest BCUT2D eigenvalue weighted by atomic mass is 16.7. The molecule has 478 valence electrons. The predicted octanol–water partition coefficient (Wildman–Crippen LogP) is -4.14. The van der Waals surface area contributed by atoms with E-state index in [1.54, 1.807) is 0 Å². The Hall–Kier alpha value is -7.48. The lowest BCUT2D eigenvalue weighted by molar-refractivity contribution is -0.293. The number of esters is 2. The van der Waals surface area contributed by atoms with Crippen molar-refractivity contribution < 1.29 is 154 Å². The van der Waals surface area contributed by atoms with E-state index in [0.717, 1.165) is 42.5 Å². The second-order valence-corrected chi connectivity index (χ2v) is 20.8. The zero-order chi connectivity index (χ0) is 63.4. The number of aliphatic hydroxyl groups is 14. The molecule has 0 spiro atoms. The molecule has 0 aliphatic carbocycles. The Balaban J connectivity index is 1.07. The molecule has 88 heavy (non-hydrogen) atoms. The summed E-state index contributed by atoms with van der Waals surface area (Å²) >= 11 is 0. The number of aliphatic hydroxyl groups excluding tert-OH is 14. The monoisotopic (exact) mass is 1240 g/mol. The molecule has 9 rings (SSSR count). The Bertz CT molecular complexity index is 3010. The van der Waals surface area contributed by atoms with Crippen molar-refractivity contribution in [3.05, 3.63) is 113 Å². The molecule has 0 radical (unpaired) electrons. The minimum Gasteiger partial charge on any atom is -0.508 e. The second kappa shape index (κ2) is 27.9. The van der Waals surface area contributed by atoms with Crippen molar-refractivity contribution in [2.45, 2.75) is 129 Å². The quantitative estimate of drug-likeness (QED) is 0.0313. The maximum Gasteiger partial charge on any atom is 0.330 e. The van der Waals surface area contributed by atoms with Gasteiger partial charge in [0.1, 0.15) is 145 Å². The van der Waals surface area contributed by atoms with Gasteiger partial charge in [0.15, 0.2) is 17.6 Å². The molecule has 5 heterocycles. The summed E-state index contributed by atoms with van der Waals surface area (Å²) in [5.41, 5.74) is 0.377. The molecule has 5 aliphatic rings. The first-order chi connectivity index (χ1) is 41.9. The van der Waals surface area contributed by atoms with E-state index < -0.39 is 196 Å². The molecule has 31 heteroatoms. The van der Waals surface area contributed by atoms with Gasteiger partial charge in [-0.15, -0.1) is 0 Å². The normalized spacial score (nSPS) is 34.0. The minimum atomic E-state index is -2.20. The van der Waals surface area contributed by atoms with Gasteiger partial charge in [-0.3, -0.25) is 0 Å². The number of phenols is 4. The van der Waals surface area contributed by atoms with Gasteiger partial charge in [0.05, 0.1) is 18.8 Å². The highest BCUT2D eigenvalue weighted by Gasteiger charge is 2.50. The molecule has 5 aliphatic heterocycles. The summed E-state index contributed by atoms with van der Waals surface area (Å²) in [6.45, 7) is -3.36. The number of benzene rings is 4. The van der Waals surface area contributed by atoms with E-state index in [0.29, 0.717) is 11.1 Å². The second-order valence-electron chi connectivity index (χ2n) is 20.8. The standard InChI is InChI=1S/C57H64O31/c58-18-34-41(66)45(70)49(74)54(85-34)80-27-15-29(62)28-17-33(84-57-50(75)46(71)42(67)35(19-59)86-57)53(81-30(28)16-27)24-13-31(82-55-51(76)47(72)43(68)36(87-55)20-78-38(63)11-5-22-1-7-25(60)8-2-22)40(65)32(14-24)83-56-52(77)48(73)44(69)37(88-56)21-79-39(64)12-6-23-3-9-26(61)10-4-23/h1-17,34-37,41-62,65-77H,18-21H2/b11-5+,12-6+/t34-,35+,36-,37-,41-,42-,43-,44-,45+,46-,47-,48+,49+,50-,51+,52+,53?,54-,55-,56-,57-/m1/s1. The first kappa shape index (κ1) is 65.0. The van der Waals surface area contributed by atoms with E-state index >= 15 is 0 Å². The number of fused-ring (bicyclic) bond motifs is 1. The Kier molecular flexibility index (Phi) is 20.6. The summed E-state index contributed by atoms with van der Waals surface area (Å²) in [7, 11) is 0. The molecular formula is C57H64O31. The molecule has 18 N–H and O–H groups in total. The zero-order valence-electron chi connectivity index (χ0n) is 45.6. The van der Waals surface area contributed by atoms with Gasteiger partial charge in [-0.2, -0.15) is 0 Å². The van der Waals surface area contributed by atoms with E-state index in [-0.39, 0.29) is 34.1 Å². The van der Waals surface area contributed by atoms with Crippen LogP contribution in [0.15, 0.2) is 90.7 Å². The van der Waals surface area contributed by atoms with Crippen molar-refractivity contribution in [1.82, 2.24) is 0 Å². The Morgan fingerprint density at radius 3 is 1.26 bits per heavy atom. The van der Waals surface area contributed by atoms with Crippen LogP contribution < -0.4 is 18.9 Å². The van der Waals surface area contributed by atoms with Gasteiger partial charge in [0.2, 0.25) is 30.9 Å². The number of aromatic hydroxyl groups is 4. The van der Waals surface area contributed by atoms with Crippen LogP contribution in [-0.2, 0) is 42.7 Å².